The normalized spacial score (nSPS) is 16.7. The van der Waals surface area contributed by atoms with Gasteiger partial charge in [0.05, 0.1) is 25.4 Å². The zero-order chi connectivity index (χ0) is 47.0. The molecule has 0 spiro atoms. The first-order chi connectivity index (χ1) is 29.7. The molecule has 63 heavy (non-hydrogen) atoms. The standard InChI is InChI=1S/C40H63ClN10O12/c1-40(63,33(60)32(59)28(56)19-53)20-51(17-26(54)30(57)31(58)27(55)18-52)14-4-13-46-25(37(44)61)11-8-22-7-10-23-15-21(6-9-24(23)16-22)5-2-3-12-47-39(45)50-38(62)29-35(42)49-36(43)34(41)48-29/h6-7,9-10,15-16,25-28,30-33,46,52-60,63H,2-5,8,11-14,17-20H2,1H3,(H2,44,61)(H4,42,43,49)(H3,45,47,50,62)/t25-,26-,27+,28+,30+,31+,32+,33-,40-/m0/s1. The van der Waals surface area contributed by atoms with Crippen molar-refractivity contribution in [3.05, 3.63) is 58.4 Å². The van der Waals surface area contributed by atoms with Gasteiger partial charge in [0.1, 0.15) is 42.2 Å². The number of rotatable bonds is 27. The monoisotopic (exact) mass is 910 g/mol. The van der Waals surface area contributed by atoms with Crippen LogP contribution in [0.1, 0.15) is 54.2 Å². The molecule has 0 aliphatic rings. The molecule has 2 amide bonds. The minimum atomic E-state index is -2.13. The van der Waals surface area contributed by atoms with Crippen molar-refractivity contribution < 1.29 is 60.7 Å². The second-order valence-corrected chi connectivity index (χ2v) is 16.1. The molecule has 0 aliphatic heterocycles. The number of nitrogen functional groups attached to an aromatic ring is 2. The van der Waals surface area contributed by atoms with Crippen molar-refractivity contribution >= 4 is 51.8 Å². The molecule has 0 bridgehead atoms. The van der Waals surface area contributed by atoms with Gasteiger partial charge in [0.15, 0.2) is 28.4 Å². The van der Waals surface area contributed by atoms with E-state index in [9.17, 15) is 55.5 Å². The second kappa shape index (κ2) is 25.2. The number of aliphatic hydroxyl groups excluding tert-OH is 9. The number of nitrogens with zero attached hydrogens (tertiary/aromatic N) is 3. The molecule has 0 saturated heterocycles. The van der Waals surface area contributed by atoms with E-state index in [1.54, 1.807) is 0 Å². The second-order valence-electron chi connectivity index (χ2n) is 15.7. The van der Waals surface area contributed by atoms with Gasteiger partial charge in [0.2, 0.25) is 5.91 Å². The summed E-state index contributed by atoms with van der Waals surface area (Å²) in [6, 6.07) is 11.4. The molecule has 1 heterocycles. The third-order valence-corrected chi connectivity index (χ3v) is 10.8. The predicted molar refractivity (Wildman–Crippen MR) is 233 cm³/mol. The maximum Gasteiger partial charge on any atom is 0.280 e. The first-order valence-electron chi connectivity index (χ1n) is 20.4. The molecule has 20 N–H and O–H groups in total. The van der Waals surface area contributed by atoms with E-state index in [0.29, 0.717) is 25.8 Å². The van der Waals surface area contributed by atoms with Crippen LogP contribution in [0.15, 0.2) is 36.4 Å². The van der Waals surface area contributed by atoms with Crippen LogP contribution in [-0.4, -0.2) is 184 Å². The third kappa shape index (κ3) is 16.3. The van der Waals surface area contributed by atoms with Crippen molar-refractivity contribution in [2.24, 2.45) is 5.73 Å². The quantitative estimate of drug-likeness (QED) is 0.0197. The minimum Gasteiger partial charge on any atom is -0.394 e. The fourth-order valence-corrected chi connectivity index (χ4v) is 6.91. The van der Waals surface area contributed by atoms with Crippen molar-refractivity contribution in [2.45, 2.75) is 99.8 Å². The average molecular weight is 911 g/mol. The SMILES string of the molecule is C[C@](O)(CN(CCCN[C@@H](CCc1ccc2cc(CCCCNC(=N)NC(=O)c3nc(Cl)c(N)nc3N)ccc2c1)C(N)=O)C[C@H](O)[C@@H](O)[C@H](O)[C@H](O)CO)[C@@H](O)[C@H](O)[C@H](O)CO. The molecule has 352 valence electrons. The smallest absolute Gasteiger partial charge is 0.280 e. The van der Waals surface area contributed by atoms with E-state index in [0.717, 1.165) is 41.7 Å². The zero-order valence-electron chi connectivity index (χ0n) is 35.0. The first-order valence-corrected chi connectivity index (χ1v) is 20.8. The van der Waals surface area contributed by atoms with E-state index >= 15 is 0 Å². The lowest BCUT2D eigenvalue weighted by atomic mass is 9.91. The number of aromatic nitrogens is 2. The molecule has 9 atom stereocenters. The van der Waals surface area contributed by atoms with Crippen molar-refractivity contribution in [1.82, 2.24) is 30.8 Å². The van der Waals surface area contributed by atoms with Gasteiger partial charge < -0.3 is 78.9 Å². The number of hydrogen-bond acceptors (Lipinski definition) is 19. The highest BCUT2D eigenvalue weighted by atomic mass is 35.5. The van der Waals surface area contributed by atoms with E-state index in [1.807, 2.05) is 30.3 Å². The largest absolute Gasteiger partial charge is 0.394 e. The van der Waals surface area contributed by atoms with E-state index in [4.69, 9.17) is 39.3 Å². The number of benzene rings is 2. The molecule has 3 aromatic rings. The molecule has 0 saturated carbocycles. The number of guanidine groups is 1. The summed E-state index contributed by atoms with van der Waals surface area (Å²) in [6.45, 7) is -0.808. The molecule has 0 aliphatic carbocycles. The predicted octanol–water partition coefficient (Wildman–Crippen LogP) is -3.95. The molecule has 0 unspecified atom stereocenters. The van der Waals surface area contributed by atoms with Crippen LogP contribution in [-0.2, 0) is 17.6 Å². The minimum absolute atomic E-state index is 0.0608. The average Bonchev–Trinajstić information content (AvgIpc) is 3.24. The van der Waals surface area contributed by atoms with E-state index in [1.165, 1.54) is 4.90 Å². The van der Waals surface area contributed by atoms with Crippen LogP contribution in [0.2, 0.25) is 5.15 Å². The van der Waals surface area contributed by atoms with Gasteiger partial charge in [-0.15, -0.1) is 0 Å². The van der Waals surface area contributed by atoms with Crippen LogP contribution in [0.5, 0.6) is 0 Å². The van der Waals surface area contributed by atoms with Crippen LogP contribution >= 0.6 is 11.6 Å². The van der Waals surface area contributed by atoms with Crippen LogP contribution in [0.4, 0.5) is 11.6 Å². The Morgan fingerprint density at radius 1 is 0.825 bits per heavy atom. The summed E-state index contributed by atoms with van der Waals surface area (Å²) in [7, 11) is 0. The number of halogens is 1. The molecule has 3 rings (SSSR count). The van der Waals surface area contributed by atoms with Crippen LogP contribution < -0.4 is 33.2 Å². The number of nitrogens with one attached hydrogen (secondary N) is 4. The summed E-state index contributed by atoms with van der Waals surface area (Å²) in [5.74, 6) is -1.89. The summed E-state index contributed by atoms with van der Waals surface area (Å²) in [6.07, 6.45) is -9.56. The Balaban J connectivity index is 1.51. The molecule has 23 heteroatoms. The number of carbonyl (C=O) groups is 2. The lowest BCUT2D eigenvalue weighted by Gasteiger charge is -2.39. The Hall–Kier alpha value is -4.40. The van der Waals surface area contributed by atoms with E-state index in [-0.39, 0.29) is 48.0 Å². The highest BCUT2D eigenvalue weighted by Crippen LogP contribution is 2.22. The number of fused-ring (bicyclic) bond motifs is 1. The zero-order valence-corrected chi connectivity index (χ0v) is 35.8. The van der Waals surface area contributed by atoms with Crippen LogP contribution in [0.25, 0.3) is 10.8 Å². The third-order valence-electron chi connectivity index (χ3n) is 10.5. The van der Waals surface area contributed by atoms with Crippen LogP contribution in [0, 0.1) is 5.41 Å². The lowest BCUT2D eigenvalue weighted by molar-refractivity contribution is -0.162. The molecule has 0 fully saturated rings. The van der Waals surface area contributed by atoms with Gasteiger partial charge in [-0.1, -0.05) is 48.0 Å². The first kappa shape index (κ1) is 52.9. The Kier molecular flexibility index (Phi) is 21.2. The Morgan fingerprint density at radius 2 is 1.41 bits per heavy atom. The summed E-state index contributed by atoms with van der Waals surface area (Å²) in [4.78, 5) is 33.8. The fourth-order valence-electron chi connectivity index (χ4n) is 6.79. The van der Waals surface area contributed by atoms with Crippen molar-refractivity contribution in [1.29, 1.82) is 5.41 Å². The van der Waals surface area contributed by atoms with Crippen molar-refractivity contribution in [2.75, 3.05) is 57.4 Å². The number of nitrogens with two attached hydrogens (primary N) is 3. The molecule has 22 nitrogen and oxygen atoms in total. The maximum absolute atomic E-state index is 12.4. The molecular weight excluding hydrogens is 848 g/mol. The number of anilines is 2. The van der Waals surface area contributed by atoms with E-state index in [2.05, 4.69) is 32.0 Å². The van der Waals surface area contributed by atoms with E-state index < -0.39 is 92.5 Å². The number of primary amides is 1. The number of amides is 2. The topological polar surface area (TPSA) is 403 Å². The number of hydrogen-bond donors (Lipinski definition) is 17. The van der Waals surface area contributed by atoms with Gasteiger partial charge in [-0.2, -0.15) is 0 Å². The summed E-state index contributed by atoms with van der Waals surface area (Å²) >= 11 is 5.83. The number of aryl methyl sites for hydroxylation is 2. The van der Waals surface area contributed by atoms with Crippen LogP contribution in [0.3, 0.4) is 0 Å². The van der Waals surface area contributed by atoms with Gasteiger partial charge in [0, 0.05) is 19.6 Å². The molecule has 1 aromatic heterocycles. The highest BCUT2D eigenvalue weighted by Gasteiger charge is 2.41. The van der Waals surface area contributed by atoms with Gasteiger partial charge in [-0.05, 0) is 80.4 Å². The lowest BCUT2D eigenvalue weighted by Crippen LogP contribution is -2.58. The Morgan fingerprint density at radius 3 is 2.02 bits per heavy atom. The van der Waals surface area contributed by atoms with Gasteiger partial charge in [-0.3, -0.25) is 25.2 Å². The Bertz CT molecular complexity index is 1950. The van der Waals surface area contributed by atoms with Gasteiger partial charge in [-0.25, -0.2) is 9.97 Å². The number of unbranched alkanes of at least 4 members (excludes halogenated alkanes) is 1. The Labute approximate surface area is 369 Å². The molecule has 0 radical (unpaired) electrons. The summed E-state index contributed by atoms with van der Waals surface area (Å²) < 4.78 is 0. The highest BCUT2D eigenvalue weighted by molar-refractivity contribution is 6.31. The maximum atomic E-state index is 12.4. The summed E-state index contributed by atoms with van der Waals surface area (Å²) in [5, 5.41) is 119. The van der Waals surface area contributed by atoms with Gasteiger partial charge >= 0.3 is 0 Å². The molecule has 2 aromatic carbocycles. The fraction of sp³-hybridized carbons (Fsp3) is 0.575. The van der Waals surface area contributed by atoms with Crippen molar-refractivity contribution in [3.8, 4) is 0 Å². The summed E-state index contributed by atoms with van der Waals surface area (Å²) in [5.41, 5.74) is 16.7. The molecular formula is C40H63ClN10O12. The van der Waals surface area contributed by atoms with Crippen molar-refractivity contribution in [3.63, 3.8) is 0 Å². The number of carbonyl (C=O) groups excluding carboxylic acids is 2. The number of aliphatic hydroxyl groups is 10. The van der Waals surface area contributed by atoms with Gasteiger partial charge in [0.25, 0.3) is 5.91 Å².